The molecule has 112 valence electrons. The van der Waals surface area contributed by atoms with Crippen LogP contribution in [0.3, 0.4) is 0 Å². The zero-order valence-corrected chi connectivity index (χ0v) is 12.6. The molecule has 0 aliphatic carbocycles. The van der Waals surface area contributed by atoms with E-state index in [2.05, 4.69) is 10.6 Å². The quantitative estimate of drug-likeness (QED) is 0.643. The SMILES string of the molecule is CCN(CCCNC(=O)[C@@H]1CCCCN1)S(C)(=O)=O. The summed E-state index contributed by atoms with van der Waals surface area (Å²) in [6.45, 7) is 4.15. The van der Waals surface area contributed by atoms with E-state index in [1.54, 1.807) is 0 Å². The molecule has 19 heavy (non-hydrogen) atoms. The third-order valence-corrected chi connectivity index (χ3v) is 4.71. The molecule has 0 radical (unpaired) electrons. The van der Waals surface area contributed by atoms with Crippen LogP contribution in [0.2, 0.25) is 0 Å². The van der Waals surface area contributed by atoms with Crippen LogP contribution < -0.4 is 10.6 Å². The number of nitrogens with zero attached hydrogens (tertiary/aromatic N) is 1. The third kappa shape index (κ3) is 5.88. The zero-order valence-electron chi connectivity index (χ0n) is 11.8. The van der Waals surface area contributed by atoms with E-state index < -0.39 is 10.0 Å². The predicted octanol–water partition coefficient (Wildman–Crippen LogP) is -0.0837. The maximum Gasteiger partial charge on any atom is 0.237 e. The van der Waals surface area contributed by atoms with Gasteiger partial charge in [0.25, 0.3) is 0 Å². The molecule has 1 rings (SSSR count). The van der Waals surface area contributed by atoms with Gasteiger partial charge < -0.3 is 10.6 Å². The fourth-order valence-corrected chi connectivity index (χ4v) is 3.15. The predicted molar refractivity (Wildman–Crippen MR) is 75.4 cm³/mol. The van der Waals surface area contributed by atoms with Gasteiger partial charge in [-0.2, -0.15) is 0 Å². The van der Waals surface area contributed by atoms with E-state index in [0.29, 0.717) is 26.1 Å². The summed E-state index contributed by atoms with van der Waals surface area (Å²) < 4.78 is 24.1. The first kappa shape index (κ1) is 16.4. The van der Waals surface area contributed by atoms with Crippen molar-refractivity contribution in [3.05, 3.63) is 0 Å². The van der Waals surface area contributed by atoms with E-state index in [1.807, 2.05) is 6.92 Å². The lowest BCUT2D eigenvalue weighted by atomic mass is 10.0. The smallest absolute Gasteiger partial charge is 0.237 e. The van der Waals surface area contributed by atoms with Crippen LogP contribution in [0, 0.1) is 0 Å². The highest BCUT2D eigenvalue weighted by atomic mass is 32.2. The van der Waals surface area contributed by atoms with Crippen LogP contribution >= 0.6 is 0 Å². The van der Waals surface area contributed by atoms with Gasteiger partial charge in [-0.3, -0.25) is 4.79 Å². The van der Waals surface area contributed by atoms with E-state index in [4.69, 9.17) is 0 Å². The molecule has 0 aromatic carbocycles. The van der Waals surface area contributed by atoms with Gasteiger partial charge in [0.05, 0.1) is 12.3 Å². The van der Waals surface area contributed by atoms with Gasteiger partial charge in [0.15, 0.2) is 0 Å². The number of amides is 1. The van der Waals surface area contributed by atoms with Gasteiger partial charge in [-0.25, -0.2) is 12.7 Å². The fourth-order valence-electron chi connectivity index (χ4n) is 2.22. The summed E-state index contributed by atoms with van der Waals surface area (Å²) in [7, 11) is -3.13. The lowest BCUT2D eigenvalue weighted by Gasteiger charge is -2.23. The number of carbonyl (C=O) groups is 1. The molecule has 0 saturated carbocycles. The average Bonchev–Trinajstić information content (AvgIpc) is 2.38. The van der Waals surface area contributed by atoms with Crippen LogP contribution in [-0.4, -0.2) is 57.1 Å². The maximum absolute atomic E-state index is 11.8. The van der Waals surface area contributed by atoms with E-state index in [-0.39, 0.29) is 11.9 Å². The molecule has 1 atom stereocenters. The maximum atomic E-state index is 11.8. The van der Waals surface area contributed by atoms with Crippen LogP contribution in [0.1, 0.15) is 32.6 Å². The van der Waals surface area contributed by atoms with Crippen molar-refractivity contribution in [1.82, 2.24) is 14.9 Å². The summed E-state index contributed by atoms with van der Waals surface area (Å²) in [5.74, 6) is 0.0297. The highest BCUT2D eigenvalue weighted by Crippen LogP contribution is 2.06. The van der Waals surface area contributed by atoms with Crippen molar-refractivity contribution in [2.24, 2.45) is 0 Å². The molecule has 0 spiro atoms. The minimum atomic E-state index is -3.13. The number of nitrogens with one attached hydrogen (secondary N) is 2. The summed E-state index contributed by atoms with van der Waals surface area (Å²) in [5.41, 5.74) is 0. The van der Waals surface area contributed by atoms with Gasteiger partial charge in [0.2, 0.25) is 15.9 Å². The second-order valence-corrected chi connectivity index (χ2v) is 6.88. The Bertz CT molecular complexity index is 378. The van der Waals surface area contributed by atoms with Crippen LogP contribution in [0.4, 0.5) is 0 Å². The second kappa shape index (κ2) is 7.81. The number of hydrogen-bond acceptors (Lipinski definition) is 4. The molecule has 1 aliphatic heterocycles. The lowest BCUT2D eigenvalue weighted by Crippen LogP contribution is -2.47. The van der Waals surface area contributed by atoms with Crippen LogP contribution in [0.15, 0.2) is 0 Å². The Labute approximate surface area is 116 Å². The number of piperidine rings is 1. The summed E-state index contributed by atoms with van der Waals surface area (Å²) in [6, 6.07) is -0.0778. The molecule has 1 amide bonds. The van der Waals surface area contributed by atoms with Crippen molar-refractivity contribution in [2.75, 3.05) is 32.4 Å². The molecular weight excluding hydrogens is 266 g/mol. The van der Waals surface area contributed by atoms with Gasteiger partial charge in [-0.15, -0.1) is 0 Å². The van der Waals surface area contributed by atoms with Crippen LogP contribution in [-0.2, 0) is 14.8 Å². The summed E-state index contributed by atoms with van der Waals surface area (Å²) in [5, 5.41) is 6.05. The normalized spacial score (nSPS) is 20.5. The molecule has 1 saturated heterocycles. The average molecular weight is 291 g/mol. The summed E-state index contributed by atoms with van der Waals surface area (Å²) >= 11 is 0. The Balaban J connectivity index is 2.21. The minimum Gasteiger partial charge on any atom is -0.355 e. The monoisotopic (exact) mass is 291 g/mol. The van der Waals surface area contributed by atoms with E-state index in [9.17, 15) is 13.2 Å². The largest absolute Gasteiger partial charge is 0.355 e. The third-order valence-electron chi connectivity index (χ3n) is 3.33. The van der Waals surface area contributed by atoms with Gasteiger partial charge >= 0.3 is 0 Å². The summed E-state index contributed by atoms with van der Waals surface area (Å²) in [6.07, 6.45) is 4.95. The first-order valence-electron chi connectivity index (χ1n) is 6.91. The van der Waals surface area contributed by atoms with E-state index in [1.165, 1.54) is 10.6 Å². The van der Waals surface area contributed by atoms with Crippen LogP contribution in [0.25, 0.3) is 0 Å². The Hall–Kier alpha value is -0.660. The van der Waals surface area contributed by atoms with Gasteiger partial charge in [0, 0.05) is 19.6 Å². The number of sulfonamides is 1. The Morgan fingerprint density at radius 2 is 2.16 bits per heavy atom. The Morgan fingerprint density at radius 3 is 2.68 bits per heavy atom. The molecule has 6 nitrogen and oxygen atoms in total. The molecular formula is C12H25N3O3S. The zero-order chi connectivity index (χ0) is 14.3. The van der Waals surface area contributed by atoms with Gasteiger partial charge in [0.1, 0.15) is 0 Å². The van der Waals surface area contributed by atoms with Crippen molar-refractivity contribution < 1.29 is 13.2 Å². The van der Waals surface area contributed by atoms with Crippen molar-refractivity contribution >= 4 is 15.9 Å². The molecule has 0 aromatic rings. The van der Waals surface area contributed by atoms with Crippen molar-refractivity contribution in [2.45, 2.75) is 38.6 Å². The second-order valence-electron chi connectivity index (χ2n) is 4.90. The van der Waals surface area contributed by atoms with Gasteiger partial charge in [-0.05, 0) is 25.8 Å². The standard InChI is InChI=1S/C12H25N3O3S/c1-3-15(19(2,17)18)10-6-9-14-12(16)11-7-4-5-8-13-11/h11,13H,3-10H2,1-2H3,(H,14,16)/t11-/m0/s1. The Morgan fingerprint density at radius 1 is 1.42 bits per heavy atom. The molecule has 7 heteroatoms. The first-order valence-corrected chi connectivity index (χ1v) is 8.76. The van der Waals surface area contributed by atoms with E-state index in [0.717, 1.165) is 25.8 Å². The molecule has 2 N–H and O–H groups in total. The molecule has 1 heterocycles. The van der Waals surface area contributed by atoms with Crippen molar-refractivity contribution in [3.8, 4) is 0 Å². The lowest BCUT2D eigenvalue weighted by molar-refractivity contribution is -0.123. The van der Waals surface area contributed by atoms with E-state index >= 15 is 0 Å². The molecule has 0 bridgehead atoms. The van der Waals surface area contributed by atoms with Crippen LogP contribution in [0.5, 0.6) is 0 Å². The van der Waals surface area contributed by atoms with Crippen molar-refractivity contribution in [1.29, 1.82) is 0 Å². The van der Waals surface area contributed by atoms with Crippen molar-refractivity contribution in [3.63, 3.8) is 0 Å². The molecule has 1 aliphatic rings. The summed E-state index contributed by atoms with van der Waals surface area (Å²) in [4.78, 5) is 11.8. The Kier molecular flexibility index (Phi) is 6.74. The minimum absolute atomic E-state index is 0.0297. The first-order chi connectivity index (χ1) is 8.95. The number of hydrogen-bond donors (Lipinski definition) is 2. The molecule has 0 unspecified atom stereocenters. The fraction of sp³-hybridized carbons (Fsp3) is 0.917. The topological polar surface area (TPSA) is 78.5 Å². The number of rotatable bonds is 7. The molecule has 1 fully saturated rings. The number of carbonyl (C=O) groups excluding carboxylic acids is 1. The van der Waals surface area contributed by atoms with Gasteiger partial charge in [-0.1, -0.05) is 13.3 Å². The highest BCUT2D eigenvalue weighted by molar-refractivity contribution is 7.88. The molecule has 0 aromatic heterocycles. The highest BCUT2D eigenvalue weighted by Gasteiger charge is 2.20.